The van der Waals surface area contributed by atoms with E-state index in [0.717, 1.165) is 36.8 Å². The van der Waals surface area contributed by atoms with Gasteiger partial charge in [0.25, 0.3) is 0 Å². The van der Waals surface area contributed by atoms with Gasteiger partial charge in [0.2, 0.25) is 0 Å². The van der Waals surface area contributed by atoms with Gasteiger partial charge in [-0.15, -0.1) is 24.0 Å². The smallest absolute Gasteiger partial charge is 0.191 e. The van der Waals surface area contributed by atoms with Gasteiger partial charge in [0.15, 0.2) is 5.96 Å². The van der Waals surface area contributed by atoms with E-state index >= 15 is 0 Å². The maximum absolute atomic E-state index is 5.64. The highest BCUT2D eigenvalue weighted by Crippen LogP contribution is 2.18. The van der Waals surface area contributed by atoms with Gasteiger partial charge < -0.3 is 24.8 Å². The first kappa shape index (κ1) is 23.9. The second-order valence-corrected chi connectivity index (χ2v) is 5.12. The number of nitrogens with zero attached hydrogens (tertiary/aromatic N) is 1. The van der Waals surface area contributed by atoms with Crippen LogP contribution in [0.5, 0.6) is 5.75 Å². The van der Waals surface area contributed by atoms with Crippen LogP contribution in [0, 0.1) is 0 Å². The molecule has 0 atom stereocenters. The van der Waals surface area contributed by atoms with E-state index in [1.54, 1.807) is 7.11 Å². The summed E-state index contributed by atoms with van der Waals surface area (Å²) >= 11 is 0. The minimum atomic E-state index is 0. The van der Waals surface area contributed by atoms with Crippen molar-refractivity contribution in [2.75, 3.05) is 46.6 Å². The average molecular weight is 465 g/mol. The molecule has 0 aliphatic carbocycles. The number of rotatable bonds is 12. The van der Waals surface area contributed by atoms with Crippen LogP contribution in [0.2, 0.25) is 0 Å². The topological polar surface area (TPSA) is 64.1 Å². The van der Waals surface area contributed by atoms with Crippen molar-refractivity contribution >= 4 is 29.9 Å². The van der Waals surface area contributed by atoms with E-state index < -0.39 is 0 Å². The van der Waals surface area contributed by atoms with Crippen LogP contribution in [0.25, 0.3) is 0 Å². The zero-order chi connectivity index (χ0) is 17.5. The molecule has 0 saturated heterocycles. The summed E-state index contributed by atoms with van der Waals surface area (Å²) in [5.41, 5.74) is 1.08. The molecule has 6 nitrogen and oxygen atoms in total. The minimum absolute atomic E-state index is 0. The Kier molecular flexibility index (Phi) is 15.7. The van der Waals surface area contributed by atoms with E-state index in [0.29, 0.717) is 33.0 Å². The van der Waals surface area contributed by atoms with Crippen LogP contribution in [-0.2, 0) is 16.0 Å². The summed E-state index contributed by atoms with van der Waals surface area (Å²) < 4.78 is 16.0. The Morgan fingerprint density at radius 2 is 1.88 bits per heavy atom. The number of halogens is 1. The van der Waals surface area contributed by atoms with Crippen molar-refractivity contribution in [1.29, 1.82) is 0 Å². The van der Waals surface area contributed by atoms with E-state index in [4.69, 9.17) is 14.2 Å². The summed E-state index contributed by atoms with van der Waals surface area (Å²) in [5, 5.41) is 6.57. The number of para-hydroxylation sites is 1. The predicted molar refractivity (Wildman–Crippen MR) is 113 cm³/mol. The fourth-order valence-corrected chi connectivity index (χ4v) is 2.06. The first-order valence-electron chi connectivity index (χ1n) is 8.61. The number of ether oxygens (including phenoxy) is 3. The fourth-order valence-electron chi connectivity index (χ4n) is 2.06. The number of methoxy groups -OCH3 is 1. The van der Waals surface area contributed by atoms with Crippen molar-refractivity contribution < 1.29 is 14.2 Å². The molecule has 144 valence electrons. The zero-order valence-corrected chi connectivity index (χ0v) is 17.9. The van der Waals surface area contributed by atoms with Crippen LogP contribution in [0.3, 0.4) is 0 Å². The van der Waals surface area contributed by atoms with Crippen molar-refractivity contribution in [3.05, 3.63) is 29.8 Å². The second-order valence-electron chi connectivity index (χ2n) is 5.12. The highest BCUT2D eigenvalue weighted by Gasteiger charge is 2.03. The standard InChI is InChI=1S/C18H31N3O3.HI/c1-4-19-18(20-11-8-12-23-14-13-22-3)21-15-16-9-6-7-10-17(16)24-5-2;/h6-7,9-10H,4-5,8,11-15H2,1-3H3,(H2,19,20,21);1H. The van der Waals surface area contributed by atoms with Crippen molar-refractivity contribution in [2.24, 2.45) is 4.99 Å². The number of nitrogens with one attached hydrogen (secondary N) is 2. The van der Waals surface area contributed by atoms with Gasteiger partial charge in [-0.3, -0.25) is 0 Å². The molecule has 0 fully saturated rings. The van der Waals surface area contributed by atoms with Gasteiger partial charge in [-0.05, 0) is 26.3 Å². The Morgan fingerprint density at radius 3 is 2.60 bits per heavy atom. The summed E-state index contributed by atoms with van der Waals surface area (Å²) in [4.78, 5) is 4.63. The van der Waals surface area contributed by atoms with Gasteiger partial charge in [0.1, 0.15) is 5.75 Å². The maximum Gasteiger partial charge on any atom is 0.191 e. The number of aliphatic imine (C=N–C) groups is 1. The molecule has 2 N–H and O–H groups in total. The zero-order valence-electron chi connectivity index (χ0n) is 15.5. The van der Waals surface area contributed by atoms with Gasteiger partial charge in [-0.2, -0.15) is 0 Å². The summed E-state index contributed by atoms with van der Waals surface area (Å²) in [7, 11) is 1.67. The van der Waals surface area contributed by atoms with Crippen LogP contribution in [-0.4, -0.2) is 52.6 Å². The third kappa shape index (κ3) is 11.2. The third-order valence-corrected chi connectivity index (χ3v) is 3.21. The number of guanidine groups is 1. The van der Waals surface area contributed by atoms with Crippen LogP contribution in [0.4, 0.5) is 0 Å². The van der Waals surface area contributed by atoms with Crippen LogP contribution >= 0.6 is 24.0 Å². The van der Waals surface area contributed by atoms with Crippen molar-refractivity contribution in [3.8, 4) is 5.75 Å². The summed E-state index contributed by atoms with van der Waals surface area (Å²) in [6, 6.07) is 8.00. The normalized spacial score (nSPS) is 10.9. The molecule has 0 aromatic heterocycles. The molecule has 0 saturated carbocycles. The molecule has 1 aromatic rings. The molecule has 0 radical (unpaired) electrons. The molecule has 0 amide bonds. The van der Waals surface area contributed by atoms with Gasteiger partial charge in [-0.25, -0.2) is 4.99 Å². The molecule has 1 aromatic carbocycles. The highest BCUT2D eigenvalue weighted by molar-refractivity contribution is 14.0. The Bertz CT molecular complexity index is 473. The van der Waals surface area contributed by atoms with E-state index in [2.05, 4.69) is 22.5 Å². The van der Waals surface area contributed by atoms with Crippen LogP contribution < -0.4 is 15.4 Å². The molecule has 0 aliphatic heterocycles. The lowest BCUT2D eigenvalue weighted by Gasteiger charge is -2.12. The highest BCUT2D eigenvalue weighted by atomic mass is 127. The van der Waals surface area contributed by atoms with E-state index in [9.17, 15) is 0 Å². The van der Waals surface area contributed by atoms with Gasteiger partial charge in [0, 0.05) is 32.4 Å². The van der Waals surface area contributed by atoms with E-state index in [1.165, 1.54) is 0 Å². The summed E-state index contributed by atoms with van der Waals surface area (Å²) in [6.07, 6.45) is 0.920. The fraction of sp³-hybridized carbons (Fsp3) is 0.611. The molecule has 0 bridgehead atoms. The Labute approximate surface area is 168 Å². The van der Waals surface area contributed by atoms with Crippen molar-refractivity contribution in [1.82, 2.24) is 10.6 Å². The first-order chi connectivity index (χ1) is 11.8. The van der Waals surface area contributed by atoms with Gasteiger partial charge in [0.05, 0.1) is 26.4 Å². The number of benzene rings is 1. The number of hydrogen-bond donors (Lipinski definition) is 2. The molecular weight excluding hydrogens is 433 g/mol. The van der Waals surface area contributed by atoms with Crippen LogP contribution in [0.1, 0.15) is 25.8 Å². The SMILES string of the molecule is CCNC(=NCc1ccccc1OCC)NCCCOCCOC.I. The average Bonchev–Trinajstić information content (AvgIpc) is 2.60. The Morgan fingerprint density at radius 1 is 1.08 bits per heavy atom. The third-order valence-electron chi connectivity index (χ3n) is 3.21. The van der Waals surface area contributed by atoms with Crippen molar-refractivity contribution in [2.45, 2.75) is 26.8 Å². The molecular formula is C18H32IN3O3. The lowest BCUT2D eigenvalue weighted by atomic mass is 10.2. The predicted octanol–water partition coefficient (Wildman–Crippen LogP) is 2.81. The quantitative estimate of drug-likeness (QED) is 0.215. The molecule has 0 aliphatic rings. The van der Waals surface area contributed by atoms with Gasteiger partial charge >= 0.3 is 0 Å². The molecule has 25 heavy (non-hydrogen) atoms. The van der Waals surface area contributed by atoms with E-state index in [-0.39, 0.29) is 24.0 Å². The molecule has 0 unspecified atom stereocenters. The van der Waals surface area contributed by atoms with E-state index in [1.807, 2.05) is 31.2 Å². The van der Waals surface area contributed by atoms with Crippen LogP contribution in [0.15, 0.2) is 29.3 Å². The van der Waals surface area contributed by atoms with Crippen molar-refractivity contribution in [3.63, 3.8) is 0 Å². The summed E-state index contributed by atoms with van der Waals surface area (Å²) in [5.74, 6) is 1.70. The molecule has 0 heterocycles. The lowest BCUT2D eigenvalue weighted by Crippen LogP contribution is -2.38. The Balaban J connectivity index is 0.00000576. The minimum Gasteiger partial charge on any atom is -0.494 e. The first-order valence-corrected chi connectivity index (χ1v) is 8.61. The molecule has 7 heteroatoms. The van der Waals surface area contributed by atoms with Gasteiger partial charge in [-0.1, -0.05) is 18.2 Å². The summed E-state index contributed by atoms with van der Waals surface area (Å²) in [6.45, 7) is 8.89. The largest absolute Gasteiger partial charge is 0.494 e. The lowest BCUT2D eigenvalue weighted by molar-refractivity contribution is 0.0698. The monoisotopic (exact) mass is 465 g/mol. The second kappa shape index (κ2) is 16.4. The maximum atomic E-state index is 5.64. The Hall–Kier alpha value is -1.06. The number of hydrogen-bond acceptors (Lipinski definition) is 4. The molecule has 1 rings (SSSR count). The molecule has 0 spiro atoms.